The lowest BCUT2D eigenvalue weighted by Crippen LogP contribution is -2.17. The standard InChI is InChI=1S/C12H21P/c1-9-6-7-11(3)12(4,5)13-8-10(9)2/h8-9,13H,3,6-7H2,1-2,4-5H3/b10-8-/t9-/m1/s1. The van der Waals surface area contributed by atoms with Crippen molar-refractivity contribution in [3.8, 4) is 0 Å². The van der Waals surface area contributed by atoms with E-state index in [1.54, 1.807) is 5.57 Å². The molecule has 0 radical (unpaired) electrons. The summed E-state index contributed by atoms with van der Waals surface area (Å²) in [6.45, 7) is 13.4. The number of rotatable bonds is 0. The van der Waals surface area contributed by atoms with E-state index in [9.17, 15) is 0 Å². The zero-order valence-corrected chi connectivity index (χ0v) is 10.3. The first-order chi connectivity index (χ1) is 5.93. The van der Waals surface area contributed by atoms with Gasteiger partial charge in [0.1, 0.15) is 0 Å². The Morgan fingerprint density at radius 1 is 1.54 bits per heavy atom. The Morgan fingerprint density at radius 3 is 2.77 bits per heavy atom. The summed E-state index contributed by atoms with van der Waals surface area (Å²) in [7, 11) is 0.902. The van der Waals surface area contributed by atoms with E-state index in [0.717, 1.165) is 14.5 Å². The molecule has 0 saturated carbocycles. The second-order valence-electron chi connectivity index (χ2n) is 4.70. The van der Waals surface area contributed by atoms with Crippen molar-refractivity contribution in [2.45, 2.75) is 45.7 Å². The second-order valence-corrected chi connectivity index (χ2v) is 6.53. The van der Waals surface area contributed by atoms with Gasteiger partial charge in [0.2, 0.25) is 0 Å². The molecule has 1 rings (SSSR count). The fourth-order valence-electron chi connectivity index (χ4n) is 1.47. The topological polar surface area (TPSA) is 0 Å². The Balaban J connectivity index is 2.83. The lowest BCUT2D eigenvalue weighted by Gasteiger charge is -2.30. The number of hydrogen-bond donors (Lipinski definition) is 0. The van der Waals surface area contributed by atoms with Crippen LogP contribution in [0.2, 0.25) is 0 Å². The van der Waals surface area contributed by atoms with Crippen molar-refractivity contribution in [1.82, 2.24) is 0 Å². The van der Waals surface area contributed by atoms with E-state index >= 15 is 0 Å². The predicted octanol–water partition coefficient (Wildman–Crippen LogP) is 4.33. The molecule has 0 fully saturated rings. The molecule has 74 valence electrons. The van der Waals surface area contributed by atoms with Gasteiger partial charge in [-0.3, -0.25) is 0 Å². The van der Waals surface area contributed by atoms with Crippen molar-refractivity contribution >= 4 is 8.58 Å². The van der Waals surface area contributed by atoms with Gasteiger partial charge >= 0.3 is 0 Å². The van der Waals surface area contributed by atoms with Crippen LogP contribution in [0, 0.1) is 5.92 Å². The largest absolute Gasteiger partial charge is 0.0990 e. The molecule has 0 aliphatic carbocycles. The molecule has 0 nitrogen and oxygen atoms in total. The molecule has 0 amide bonds. The molecular formula is C12H21P. The van der Waals surface area contributed by atoms with Crippen molar-refractivity contribution in [3.05, 3.63) is 23.5 Å². The molecule has 0 spiro atoms. The van der Waals surface area contributed by atoms with Gasteiger partial charge in [-0.25, -0.2) is 0 Å². The van der Waals surface area contributed by atoms with Crippen LogP contribution in [-0.4, -0.2) is 5.16 Å². The van der Waals surface area contributed by atoms with Gasteiger partial charge in [-0.1, -0.05) is 52.9 Å². The highest BCUT2D eigenvalue weighted by Gasteiger charge is 2.23. The van der Waals surface area contributed by atoms with Crippen LogP contribution in [0.3, 0.4) is 0 Å². The lowest BCUT2D eigenvalue weighted by molar-refractivity contribution is 0.587. The van der Waals surface area contributed by atoms with Gasteiger partial charge in [0, 0.05) is 5.16 Å². The first-order valence-electron chi connectivity index (χ1n) is 5.06. The minimum Gasteiger partial charge on any atom is -0.0990 e. The molecule has 1 unspecified atom stereocenters. The van der Waals surface area contributed by atoms with Crippen molar-refractivity contribution < 1.29 is 0 Å². The average molecular weight is 196 g/mol. The van der Waals surface area contributed by atoms with E-state index in [4.69, 9.17) is 0 Å². The van der Waals surface area contributed by atoms with Crippen molar-refractivity contribution in [1.29, 1.82) is 0 Å². The summed E-state index contributed by atoms with van der Waals surface area (Å²) >= 11 is 0. The van der Waals surface area contributed by atoms with E-state index in [2.05, 4.69) is 40.1 Å². The number of allylic oxidation sites excluding steroid dienone is 2. The Hall–Kier alpha value is -0.0900. The molecule has 13 heavy (non-hydrogen) atoms. The summed E-state index contributed by atoms with van der Waals surface area (Å²) < 4.78 is 0. The second kappa shape index (κ2) is 3.96. The van der Waals surface area contributed by atoms with Gasteiger partial charge in [-0.2, -0.15) is 0 Å². The van der Waals surface area contributed by atoms with Gasteiger partial charge in [0.25, 0.3) is 0 Å². The van der Waals surface area contributed by atoms with Crippen LogP contribution in [0.1, 0.15) is 40.5 Å². The fraction of sp³-hybridized carbons (Fsp3) is 0.667. The summed E-state index contributed by atoms with van der Waals surface area (Å²) in [4.78, 5) is 0. The maximum absolute atomic E-state index is 4.21. The Morgan fingerprint density at radius 2 is 2.15 bits per heavy atom. The summed E-state index contributed by atoms with van der Waals surface area (Å²) in [5, 5.41) is 0.335. The molecule has 1 heterocycles. The Labute approximate surface area is 84.3 Å². The van der Waals surface area contributed by atoms with Gasteiger partial charge in [0.15, 0.2) is 0 Å². The predicted molar refractivity (Wildman–Crippen MR) is 63.7 cm³/mol. The lowest BCUT2D eigenvalue weighted by atomic mass is 9.91. The minimum absolute atomic E-state index is 0.335. The molecule has 0 bridgehead atoms. The molecule has 0 aromatic rings. The highest BCUT2D eigenvalue weighted by Crippen LogP contribution is 2.43. The summed E-state index contributed by atoms with van der Waals surface area (Å²) in [6.07, 6.45) is 2.47. The molecular weight excluding hydrogens is 175 g/mol. The van der Waals surface area contributed by atoms with Crippen molar-refractivity contribution in [2.75, 3.05) is 0 Å². The highest BCUT2D eigenvalue weighted by atomic mass is 31.1. The average Bonchev–Trinajstić information content (AvgIpc) is 2.08. The van der Waals surface area contributed by atoms with Gasteiger partial charge in [-0.05, 0) is 25.7 Å². The maximum Gasteiger partial charge on any atom is 0.00615 e. The Kier molecular flexibility index (Phi) is 3.35. The first kappa shape index (κ1) is 11.0. The van der Waals surface area contributed by atoms with E-state index in [1.807, 2.05) is 0 Å². The van der Waals surface area contributed by atoms with E-state index in [-0.39, 0.29) is 0 Å². The molecule has 0 saturated heterocycles. The van der Waals surface area contributed by atoms with E-state index < -0.39 is 0 Å². The van der Waals surface area contributed by atoms with E-state index in [1.165, 1.54) is 18.4 Å². The monoisotopic (exact) mass is 196 g/mol. The van der Waals surface area contributed by atoms with Crippen LogP contribution in [0.25, 0.3) is 0 Å². The molecule has 0 aromatic heterocycles. The van der Waals surface area contributed by atoms with Gasteiger partial charge in [-0.15, -0.1) is 0 Å². The minimum atomic E-state index is 0.335. The Bertz CT molecular complexity index is 236. The van der Waals surface area contributed by atoms with Crippen LogP contribution in [0.15, 0.2) is 23.5 Å². The molecule has 0 aromatic carbocycles. The van der Waals surface area contributed by atoms with Crippen LogP contribution in [-0.2, 0) is 0 Å². The molecule has 1 heteroatoms. The zero-order valence-electron chi connectivity index (χ0n) is 9.28. The maximum atomic E-state index is 4.21. The fourth-order valence-corrected chi connectivity index (χ4v) is 2.67. The molecule has 0 N–H and O–H groups in total. The zero-order chi connectivity index (χ0) is 10.1. The van der Waals surface area contributed by atoms with Gasteiger partial charge in [0.05, 0.1) is 0 Å². The summed E-state index contributed by atoms with van der Waals surface area (Å²) in [5.74, 6) is 3.18. The quantitative estimate of drug-likeness (QED) is 0.399. The normalized spacial score (nSPS) is 34.9. The molecule has 2 atom stereocenters. The van der Waals surface area contributed by atoms with Crippen molar-refractivity contribution in [3.63, 3.8) is 0 Å². The van der Waals surface area contributed by atoms with E-state index in [0.29, 0.717) is 5.16 Å². The highest BCUT2D eigenvalue weighted by molar-refractivity contribution is 7.43. The third-order valence-corrected chi connectivity index (χ3v) is 4.88. The number of hydrogen-bond acceptors (Lipinski definition) is 0. The van der Waals surface area contributed by atoms with Crippen LogP contribution < -0.4 is 0 Å². The SMILES string of the molecule is C=C1CC[C@@H](C)/C(C)=C\PC1(C)C. The van der Waals surface area contributed by atoms with Crippen LogP contribution >= 0.6 is 8.58 Å². The molecule has 1 aliphatic rings. The van der Waals surface area contributed by atoms with Crippen LogP contribution in [0.4, 0.5) is 0 Å². The summed E-state index contributed by atoms with van der Waals surface area (Å²) in [5.41, 5.74) is 3.00. The summed E-state index contributed by atoms with van der Waals surface area (Å²) in [6, 6.07) is 0. The van der Waals surface area contributed by atoms with Crippen molar-refractivity contribution in [2.24, 2.45) is 5.92 Å². The third-order valence-electron chi connectivity index (χ3n) is 3.20. The smallest absolute Gasteiger partial charge is 0.00615 e. The third kappa shape index (κ3) is 2.68. The molecule has 1 aliphatic heterocycles. The van der Waals surface area contributed by atoms with Gasteiger partial charge < -0.3 is 0 Å². The first-order valence-corrected chi connectivity index (χ1v) is 6.14. The van der Waals surface area contributed by atoms with Crippen LogP contribution in [0.5, 0.6) is 0 Å².